The first kappa shape index (κ1) is 11.9. The van der Waals surface area contributed by atoms with E-state index in [1.54, 1.807) is 7.11 Å². The van der Waals surface area contributed by atoms with Gasteiger partial charge in [-0.2, -0.15) is 10.2 Å². The third-order valence-corrected chi connectivity index (χ3v) is 2.37. The second-order valence-corrected chi connectivity index (χ2v) is 3.59. The summed E-state index contributed by atoms with van der Waals surface area (Å²) in [6.45, 7) is 0. The van der Waals surface area contributed by atoms with E-state index in [4.69, 9.17) is 11.2 Å². The molecule has 0 aromatic heterocycles. The number of methoxy groups -OCH3 is 1. The van der Waals surface area contributed by atoms with E-state index in [9.17, 15) is 0 Å². The van der Waals surface area contributed by atoms with Crippen molar-refractivity contribution >= 4 is 11.4 Å². The molecule has 2 aromatic rings. The maximum atomic E-state index is 5.32. The smallest absolute Gasteiger partial charge is 0.119 e. The summed E-state index contributed by atoms with van der Waals surface area (Å²) in [4.78, 5) is 0. The van der Waals surface area contributed by atoms with E-state index in [0.29, 0.717) is 0 Å². The molecular formula is C15H12N2O. The van der Waals surface area contributed by atoms with Crippen molar-refractivity contribution in [2.75, 3.05) is 7.11 Å². The van der Waals surface area contributed by atoms with E-state index in [2.05, 4.69) is 16.1 Å². The Kier molecular flexibility index (Phi) is 3.72. The van der Waals surface area contributed by atoms with Gasteiger partial charge in [-0.15, -0.1) is 6.42 Å². The van der Waals surface area contributed by atoms with Crippen LogP contribution in [0.3, 0.4) is 0 Å². The summed E-state index contributed by atoms with van der Waals surface area (Å²) >= 11 is 0. The molecule has 0 bridgehead atoms. The van der Waals surface area contributed by atoms with Gasteiger partial charge in [0, 0.05) is 5.56 Å². The van der Waals surface area contributed by atoms with Crippen LogP contribution < -0.4 is 4.74 Å². The first-order valence-corrected chi connectivity index (χ1v) is 5.44. The lowest BCUT2D eigenvalue weighted by Crippen LogP contribution is -1.79. The molecule has 0 aliphatic rings. The van der Waals surface area contributed by atoms with Crippen molar-refractivity contribution in [3.05, 3.63) is 54.1 Å². The normalized spacial score (nSPS) is 10.2. The predicted molar refractivity (Wildman–Crippen MR) is 71.5 cm³/mol. The molecule has 0 aliphatic carbocycles. The summed E-state index contributed by atoms with van der Waals surface area (Å²) in [5.74, 6) is 3.36. The summed E-state index contributed by atoms with van der Waals surface area (Å²) in [6.07, 6.45) is 5.32. The molecule has 3 heteroatoms. The van der Waals surface area contributed by atoms with Crippen LogP contribution in [0.25, 0.3) is 0 Å². The zero-order valence-electron chi connectivity index (χ0n) is 10.00. The molecule has 0 atom stereocenters. The van der Waals surface area contributed by atoms with Crippen molar-refractivity contribution in [1.82, 2.24) is 0 Å². The average Bonchev–Trinajstić information content (AvgIpc) is 2.46. The largest absolute Gasteiger partial charge is 0.497 e. The van der Waals surface area contributed by atoms with Crippen molar-refractivity contribution in [2.24, 2.45) is 10.2 Å². The van der Waals surface area contributed by atoms with E-state index >= 15 is 0 Å². The topological polar surface area (TPSA) is 34.0 Å². The van der Waals surface area contributed by atoms with Crippen molar-refractivity contribution in [1.29, 1.82) is 0 Å². The highest BCUT2D eigenvalue weighted by Crippen LogP contribution is 2.21. The van der Waals surface area contributed by atoms with Crippen LogP contribution in [0.15, 0.2) is 58.8 Å². The zero-order valence-corrected chi connectivity index (χ0v) is 10.00. The first-order valence-electron chi connectivity index (χ1n) is 5.44. The van der Waals surface area contributed by atoms with Crippen molar-refractivity contribution in [3.8, 4) is 18.1 Å². The average molecular weight is 236 g/mol. The third-order valence-electron chi connectivity index (χ3n) is 2.37. The standard InChI is InChI=1S/C15H12N2O/c1-3-12-5-4-6-14(11-12)17-16-13-7-9-15(18-2)10-8-13/h1,4-11H,2H3. The van der Waals surface area contributed by atoms with Crippen LogP contribution in [0.1, 0.15) is 5.56 Å². The number of hydrogen-bond donors (Lipinski definition) is 0. The minimum Gasteiger partial charge on any atom is -0.497 e. The SMILES string of the molecule is C#Cc1cccc(N=Nc2ccc(OC)cc2)c1. The molecule has 2 rings (SSSR count). The molecule has 0 aliphatic heterocycles. The van der Waals surface area contributed by atoms with Crippen molar-refractivity contribution in [3.63, 3.8) is 0 Å². The highest BCUT2D eigenvalue weighted by molar-refractivity contribution is 5.46. The fraction of sp³-hybridized carbons (Fsp3) is 0.0667. The van der Waals surface area contributed by atoms with E-state index in [0.717, 1.165) is 22.7 Å². The second kappa shape index (κ2) is 5.65. The van der Waals surface area contributed by atoms with Gasteiger partial charge in [0.25, 0.3) is 0 Å². The fourth-order valence-corrected chi connectivity index (χ4v) is 1.42. The van der Waals surface area contributed by atoms with E-state index < -0.39 is 0 Å². The Morgan fingerprint density at radius 2 is 1.72 bits per heavy atom. The molecule has 0 radical (unpaired) electrons. The highest BCUT2D eigenvalue weighted by atomic mass is 16.5. The molecular weight excluding hydrogens is 224 g/mol. The fourth-order valence-electron chi connectivity index (χ4n) is 1.42. The zero-order chi connectivity index (χ0) is 12.8. The summed E-state index contributed by atoms with van der Waals surface area (Å²) in [6, 6.07) is 14.7. The Bertz CT molecular complexity index is 595. The number of benzene rings is 2. The molecule has 88 valence electrons. The Morgan fingerprint density at radius 3 is 2.39 bits per heavy atom. The lowest BCUT2D eigenvalue weighted by Gasteiger charge is -1.98. The van der Waals surface area contributed by atoms with E-state index in [-0.39, 0.29) is 0 Å². The molecule has 0 spiro atoms. The molecule has 0 saturated heterocycles. The van der Waals surface area contributed by atoms with Gasteiger partial charge in [0.1, 0.15) is 5.75 Å². The van der Waals surface area contributed by atoms with E-state index in [1.165, 1.54) is 0 Å². The van der Waals surface area contributed by atoms with Gasteiger partial charge in [-0.1, -0.05) is 12.0 Å². The molecule has 0 fully saturated rings. The molecule has 0 N–H and O–H groups in total. The summed E-state index contributed by atoms with van der Waals surface area (Å²) in [5, 5.41) is 8.26. The monoisotopic (exact) mass is 236 g/mol. The van der Waals surface area contributed by atoms with Gasteiger partial charge in [0.15, 0.2) is 0 Å². The van der Waals surface area contributed by atoms with Crippen LogP contribution in [0, 0.1) is 12.3 Å². The van der Waals surface area contributed by atoms with Gasteiger partial charge in [-0.3, -0.25) is 0 Å². The van der Waals surface area contributed by atoms with Crippen LogP contribution in [0.4, 0.5) is 11.4 Å². The Hall–Kier alpha value is -2.60. The maximum absolute atomic E-state index is 5.32. The van der Waals surface area contributed by atoms with Gasteiger partial charge in [0.05, 0.1) is 18.5 Å². The number of ether oxygens (including phenoxy) is 1. The van der Waals surface area contributed by atoms with Gasteiger partial charge in [0.2, 0.25) is 0 Å². The number of terminal acetylenes is 1. The van der Waals surface area contributed by atoms with Gasteiger partial charge >= 0.3 is 0 Å². The van der Waals surface area contributed by atoms with Crippen LogP contribution in [-0.4, -0.2) is 7.11 Å². The van der Waals surface area contributed by atoms with Crippen LogP contribution in [0.2, 0.25) is 0 Å². The highest BCUT2D eigenvalue weighted by Gasteiger charge is 1.93. The molecule has 0 unspecified atom stereocenters. The van der Waals surface area contributed by atoms with Crippen molar-refractivity contribution < 1.29 is 4.74 Å². The second-order valence-electron chi connectivity index (χ2n) is 3.59. The minimum absolute atomic E-state index is 0.737. The molecule has 2 aromatic carbocycles. The van der Waals surface area contributed by atoms with Crippen LogP contribution >= 0.6 is 0 Å². The Morgan fingerprint density at radius 1 is 1.00 bits per heavy atom. The predicted octanol–water partition coefficient (Wildman–Crippen LogP) is 4.09. The molecule has 0 saturated carbocycles. The Labute approximate surface area is 106 Å². The van der Waals surface area contributed by atoms with Gasteiger partial charge in [-0.05, 0) is 42.5 Å². The lowest BCUT2D eigenvalue weighted by atomic mass is 10.2. The van der Waals surface area contributed by atoms with E-state index in [1.807, 2.05) is 48.5 Å². The van der Waals surface area contributed by atoms with Crippen molar-refractivity contribution in [2.45, 2.75) is 0 Å². The maximum Gasteiger partial charge on any atom is 0.119 e. The number of hydrogen-bond acceptors (Lipinski definition) is 3. The molecule has 0 amide bonds. The minimum atomic E-state index is 0.737. The summed E-state index contributed by atoms with van der Waals surface area (Å²) < 4.78 is 5.07. The summed E-state index contributed by atoms with van der Waals surface area (Å²) in [7, 11) is 1.63. The van der Waals surface area contributed by atoms with Crippen LogP contribution in [0.5, 0.6) is 5.75 Å². The number of rotatable bonds is 3. The lowest BCUT2D eigenvalue weighted by molar-refractivity contribution is 0.415. The molecule has 3 nitrogen and oxygen atoms in total. The first-order chi connectivity index (χ1) is 8.81. The van der Waals surface area contributed by atoms with Gasteiger partial charge in [-0.25, -0.2) is 0 Å². The third kappa shape index (κ3) is 2.96. The number of azo groups is 1. The van der Waals surface area contributed by atoms with Gasteiger partial charge < -0.3 is 4.74 Å². The molecule has 0 heterocycles. The quantitative estimate of drug-likeness (QED) is 0.583. The number of nitrogens with zero attached hydrogens (tertiary/aromatic N) is 2. The molecule has 18 heavy (non-hydrogen) atoms. The Balaban J connectivity index is 2.16. The summed E-state index contributed by atoms with van der Waals surface area (Å²) in [5.41, 5.74) is 2.30. The van der Waals surface area contributed by atoms with Crippen LogP contribution in [-0.2, 0) is 0 Å².